The molecule has 0 atom stereocenters. The summed E-state index contributed by atoms with van der Waals surface area (Å²) >= 11 is 0. The van der Waals surface area contributed by atoms with Crippen LogP contribution < -0.4 is 4.90 Å². The minimum atomic E-state index is 0.161. The molecule has 2 aromatic rings. The summed E-state index contributed by atoms with van der Waals surface area (Å²) in [5.41, 5.74) is 5.07. The highest BCUT2D eigenvalue weighted by atomic mass is 16.2. The quantitative estimate of drug-likeness (QED) is 0.875. The fourth-order valence-electron chi connectivity index (χ4n) is 3.76. The molecule has 146 valence electrons. The van der Waals surface area contributed by atoms with E-state index in [0.717, 1.165) is 61.7 Å². The number of quaternary nitrogens is 1. The molecular formula is C22H33N4O+. The van der Waals surface area contributed by atoms with Gasteiger partial charge in [-0.1, -0.05) is 38.5 Å². The van der Waals surface area contributed by atoms with E-state index in [2.05, 4.69) is 59.0 Å². The summed E-state index contributed by atoms with van der Waals surface area (Å²) in [6, 6.07) is 8.38. The first-order valence-corrected chi connectivity index (χ1v) is 10.2. The Kier molecular flexibility index (Phi) is 6.00. The Morgan fingerprint density at radius 3 is 2.37 bits per heavy atom. The van der Waals surface area contributed by atoms with E-state index in [4.69, 9.17) is 5.10 Å². The van der Waals surface area contributed by atoms with Crippen molar-refractivity contribution in [3.63, 3.8) is 0 Å². The second kappa shape index (κ2) is 8.26. The molecule has 1 fully saturated rings. The van der Waals surface area contributed by atoms with E-state index in [1.54, 1.807) is 0 Å². The molecule has 1 aromatic carbocycles. The maximum absolute atomic E-state index is 13.5. The first-order chi connectivity index (χ1) is 12.9. The third kappa shape index (κ3) is 4.24. The van der Waals surface area contributed by atoms with Gasteiger partial charge >= 0.3 is 0 Å². The summed E-state index contributed by atoms with van der Waals surface area (Å²) in [6.07, 6.45) is 1.62. The van der Waals surface area contributed by atoms with Crippen LogP contribution in [0.15, 0.2) is 24.3 Å². The number of rotatable bonds is 5. The SMILES string of the molecule is CCc1c(C(=O)N2CC[NH+](C)CC2)c(CC(C)C)nn1-c1ccc(C)cc1. The molecule has 1 amide bonds. The van der Waals surface area contributed by atoms with Crippen molar-refractivity contribution in [3.8, 4) is 5.69 Å². The van der Waals surface area contributed by atoms with Crippen LogP contribution in [0, 0.1) is 12.8 Å². The lowest BCUT2D eigenvalue weighted by molar-refractivity contribution is -0.883. The Bertz CT molecular complexity index is 783. The van der Waals surface area contributed by atoms with Crippen LogP contribution in [-0.2, 0) is 12.8 Å². The van der Waals surface area contributed by atoms with Gasteiger partial charge in [0, 0.05) is 0 Å². The number of likely N-dealkylation sites (N-methyl/N-ethyl adjacent to an activating group) is 1. The fraction of sp³-hybridized carbons (Fsp3) is 0.545. The largest absolute Gasteiger partial charge is 0.334 e. The molecular weight excluding hydrogens is 336 g/mol. The van der Waals surface area contributed by atoms with Crippen LogP contribution in [0.4, 0.5) is 0 Å². The third-order valence-corrected chi connectivity index (χ3v) is 5.39. The predicted octanol–water partition coefficient (Wildman–Crippen LogP) is 1.91. The van der Waals surface area contributed by atoms with Crippen molar-refractivity contribution >= 4 is 5.91 Å². The van der Waals surface area contributed by atoms with Gasteiger partial charge in [-0.15, -0.1) is 0 Å². The monoisotopic (exact) mass is 369 g/mol. The van der Waals surface area contributed by atoms with Crippen LogP contribution in [0.5, 0.6) is 0 Å². The summed E-state index contributed by atoms with van der Waals surface area (Å²) in [4.78, 5) is 17.0. The van der Waals surface area contributed by atoms with E-state index in [1.165, 1.54) is 10.5 Å². The molecule has 0 unspecified atom stereocenters. The van der Waals surface area contributed by atoms with Crippen LogP contribution in [0.3, 0.4) is 0 Å². The van der Waals surface area contributed by atoms with Gasteiger partial charge in [0.2, 0.25) is 0 Å². The number of nitrogens with one attached hydrogen (secondary N) is 1. The van der Waals surface area contributed by atoms with E-state index >= 15 is 0 Å². The lowest BCUT2D eigenvalue weighted by atomic mass is 10.0. The zero-order valence-electron chi connectivity index (χ0n) is 17.4. The zero-order valence-corrected chi connectivity index (χ0v) is 17.4. The summed E-state index contributed by atoms with van der Waals surface area (Å²) in [7, 11) is 2.19. The van der Waals surface area contributed by atoms with Crippen molar-refractivity contribution < 1.29 is 9.69 Å². The van der Waals surface area contributed by atoms with Gasteiger partial charge < -0.3 is 9.80 Å². The molecule has 3 rings (SSSR count). The number of piperazine rings is 1. The highest BCUT2D eigenvalue weighted by Gasteiger charge is 2.29. The van der Waals surface area contributed by atoms with E-state index in [9.17, 15) is 4.79 Å². The molecule has 5 heteroatoms. The van der Waals surface area contributed by atoms with Gasteiger partial charge in [0.05, 0.1) is 55.9 Å². The Hall–Kier alpha value is -2.14. The highest BCUT2D eigenvalue weighted by Crippen LogP contribution is 2.24. The first kappa shape index (κ1) is 19.6. The molecule has 0 aliphatic carbocycles. The van der Waals surface area contributed by atoms with E-state index in [-0.39, 0.29) is 5.91 Å². The van der Waals surface area contributed by atoms with Crippen LogP contribution in [0.25, 0.3) is 5.69 Å². The maximum atomic E-state index is 13.5. The summed E-state index contributed by atoms with van der Waals surface area (Å²) in [5, 5.41) is 4.92. The minimum absolute atomic E-state index is 0.161. The summed E-state index contributed by atoms with van der Waals surface area (Å²) in [6.45, 7) is 12.2. The molecule has 1 aliphatic rings. The van der Waals surface area contributed by atoms with Crippen molar-refractivity contribution in [3.05, 3.63) is 46.8 Å². The molecule has 0 saturated carbocycles. The lowest BCUT2D eigenvalue weighted by Gasteiger charge is -2.30. The van der Waals surface area contributed by atoms with E-state index in [0.29, 0.717) is 5.92 Å². The van der Waals surface area contributed by atoms with Crippen LogP contribution >= 0.6 is 0 Å². The molecule has 1 aliphatic heterocycles. The van der Waals surface area contributed by atoms with E-state index in [1.807, 2.05) is 9.58 Å². The molecule has 2 heterocycles. The standard InChI is InChI=1S/C22H32N4O/c1-6-20-21(22(27)25-13-11-24(5)12-14-25)19(15-16(2)3)23-26(20)18-9-7-17(4)8-10-18/h7-10,16H,6,11-15H2,1-5H3/p+1. The second-order valence-electron chi connectivity index (χ2n) is 8.22. The van der Waals surface area contributed by atoms with Crippen LogP contribution in [0.2, 0.25) is 0 Å². The van der Waals surface area contributed by atoms with Crippen molar-refractivity contribution in [2.45, 2.75) is 40.5 Å². The Morgan fingerprint density at radius 1 is 1.19 bits per heavy atom. The van der Waals surface area contributed by atoms with Crippen LogP contribution in [-0.4, -0.2) is 53.8 Å². The maximum Gasteiger partial charge on any atom is 0.258 e. The van der Waals surface area contributed by atoms with Crippen molar-refractivity contribution in [1.82, 2.24) is 14.7 Å². The Balaban J connectivity index is 2.04. The molecule has 0 spiro atoms. The Labute approximate surface area is 163 Å². The molecule has 1 N–H and O–H groups in total. The van der Waals surface area contributed by atoms with Gasteiger partial charge in [0.25, 0.3) is 5.91 Å². The number of benzene rings is 1. The molecule has 5 nitrogen and oxygen atoms in total. The summed E-state index contributed by atoms with van der Waals surface area (Å²) < 4.78 is 1.99. The lowest BCUT2D eigenvalue weighted by Crippen LogP contribution is -3.12. The average molecular weight is 370 g/mol. The fourth-order valence-corrected chi connectivity index (χ4v) is 3.76. The Morgan fingerprint density at radius 2 is 1.81 bits per heavy atom. The van der Waals surface area contributed by atoms with Gasteiger partial charge in [-0.25, -0.2) is 4.68 Å². The molecule has 0 radical (unpaired) electrons. The smallest absolute Gasteiger partial charge is 0.258 e. The second-order valence-corrected chi connectivity index (χ2v) is 8.22. The molecule has 1 saturated heterocycles. The number of hydrogen-bond donors (Lipinski definition) is 1. The van der Waals surface area contributed by atoms with Gasteiger partial charge in [0.1, 0.15) is 0 Å². The average Bonchev–Trinajstić information content (AvgIpc) is 2.99. The van der Waals surface area contributed by atoms with Gasteiger partial charge in [-0.2, -0.15) is 5.10 Å². The van der Waals surface area contributed by atoms with Crippen molar-refractivity contribution in [2.24, 2.45) is 5.92 Å². The van der Waals surface area contributed by atoms with E-state index < -0.39 is 0 Å². The molecule has 27 heavy (non-hydrogen) atoms. The number of aryl methyl sites for hydroxylation is 1. The predicted molar refractivity (Wildman–Crippen MR) is 109 cm³/mol. The van der Waals surface area contributed by atoms with Gasteiger partial charge in [-0.3, -0.25) is 4.79 Å². The topological polar surface area (TPSA) is 42.6 Å². The normalized spacial score (nSPS) is 15.6. The number of hydrogen-bond acceptors (Lipinski definition) is 2. The van der Waals surface area contributed by atoms with Crippen molar-refractivity contribution in [1.29, 1.82) is 0 Å². The highest BCUT2D eigenvalue weighted by molar-refractivity contribution is 5.96. The number of aromatic nitrogens is 2. The van der Waals surface area contributed by atoms with Gasteiger partial charge in [0.15, 0.2) is 0 Å². The molecule has 0 bridgehead atoms. The number of nitrogens with zero attached hydrogens (tertiary/aromatic N) is 3. The third-order valence-electron chi connectivity index (χ3n) is 5.39. The van der Waals surface area contributed by atoms with Crippen molar-refractivity contribution in [2.75, 3.05) is 33.2 Å². The van der Waals surface area contributed by atoms with Crippen LogP contribution in [0.1, 0.15) is 48.1 Å². The minimum Gasteiger partial charge on any atom is -0.334 e. The number of carbonyl (C=O) groups is 1. The molecule has 1 aromatic heterocycles. The van der Waals surface area contributed by atoms with Gasteiger partial charge in [-0.05, 0) is 37.8 Å². The number of carbonyl (C=O) groups excluding carboxylic acids is 1. The summed E-state index contributed by atoms with van der Waals surface area (Å²) in [5.74, 6) is 0.618. The first-order valence-electron chi connectivity index (χ1n) is 10.2. The number of amides is 1. The zero-order chi connectivity index (χ0) is 19.6.